The summed E-state index contributed by atoms with van der Waals surface area (Å²) in [5.74, 6) is 1.42. The van der Waals surface area contributed by atoms with Crippen LogP contribution in [0.2, 0.25) is 0 Å². The van der Waals surface area contributed by atoms with Crippen LogP contribution >= 0.6 is 0 Å². The van der Waals surface area contributed by atoms with Crippen molar-refractivity contribution in [2.75, 3.05) is 24.2 Å². The Morgan fingerprint density at radius 3 is 2.35 bits per heavy atom. The number of nitrogens with two attached hydrogens (primary N) is 1. The van der Waals surface area contributed by atoms with Gasteiger partial charge in [-0.25, -0.2) is 4.98 Å². The lowest BCUT2D eigenvalue weighted by Crippen LogP contribution is -2.22. The predicted octanol–water partition coefficient (Wildman–Crippen LogP) is 4.20. The molecule has 0 saturated heterocycles. The molecule has 0 spiro atoms. The van der Waals surface area contributed by atoms with Crippen LogP contribution in [0.1, 0.15) is 58.8 Å². The number of hydrogen-bond acceptors (Lipinski definition) is 5. The van der Waals surface area contributed by atoms with Gasteiger partial charge in [0.05, 0.1) is 0 Å². The standard InChI is InChI=1S/C8H12N4.C6H13N.C4H10/c1-3-5-10-7-4-6-11-8(9-2)12-7;7-6-4-2-1-3-5-6;1-3-4-2/h3-4,6H,1,5H2,2H3,(H2,9,10,11,12);6H,1-5,7H2;3-4H2,1-2H3. The van der Waals surface area contributed by atoms with Crippen LogP contribution in [0.25, 0.3) is 0 Å². The minimum Gasteiger partial charge on any atom is -0.366 e. The molecule has 0 aromatic carbocycles. The molecule has 1 aromatic rings. The summed E-state index contributed by atoms with van der Waals surface area (Å²) in [6, 6.07) is 2.35. The molecule has 23 heavy (non-hydrogen) atoms. The molecule has 0 aliphatic heterocycles. The normalized spacial score (nSPS) is 13.7. The number of hydrogen-bond donors (Lipinski definition) is 3. The molecule has 5 heteroatoms. The van der Waals surface area contributed by atoms with E-state index in [1.54, 1.807) is 19.3 Å². The molecule has 1 fully saturated rings. The lowest BCUT2D eigenvalue weighted by atomic mass is 9.97. The van der Waals surface area contributed by atoms with Gasteiger partial charge in [-0.05, 0) is 18.9 Å². The van der Waals surface area contributed by atoms with E-state index in [2.05, 4.69) is 41.0 Å². The first-order chi connectivity index (χ1) is 11.2. The van der Waals surface area contributed by atoms with Crippen LogP contribution in [0.3, 0.4) is 0 Å². The number of nitrogens with one attached hydrogen (secondary N) is 2. The van der Waals surface area contributed by atoms with Crippen LogP contribution in [-0.4, -0.2) is 29.6 Å². The SMILES string of the molecule is C=CCNc1ccnc(NC)n1.CCCC.NC1CCCCC1. The number of rotatable bonds is 5. The Kier molecular flexibility index (Phi) is 14.2. The highest BCUT2D eigenvalue weighted by molar-refractivity contribution is 5.39. The van der Waals surface area contributed by atoms with Gasteiger partial charge in [-0.3, -0.25) is 0 Å². The topological polar surface area (TPSA) is 75.9 Å². The maximum Gasteiger partial charge on any atom is 0.224 e. The Hall–Kier alpha value is -1.62. The fourth-order valence-electron chi connectivity index (χ4n) is 1.89. The number of anilines is 2. The Bertz CT molecular complexity index is 387. The summed E-state index contributed by atoms with van der Waals surface area (Å²) in [7, 11) is 1.78. The molecule has 4 N–H and O–H groups in total. The Morgan fingerprint density at radius 2 is 1.91 bits per heavy atom. The number of aromatic nitrogens is 2. The zero-order chi connectivity index (χ0) is 17.3. The number of unbranched alkanes of at least 4 members (excludes halogenated alkanes) is 1. The summed E-state index contributed by atoms with van der Waals surface area (Å²) in [5, 5.41) is 5.92. The zero-order valence-electron chi connectivity index (χ0n) is 15.1. The summed E-state index contributed by atoms with van der Waals surface area (Å²) < 4.78 is 0. The van der Waals surface area contributed by atoms with Crippen LogP contribution in [-0.2, 0) is 0 Å². The Balaban J connectivity index is 0.000000371. The second-order valence-corrected chi connectivity index (χ2v) is 5.58. The van der Waals surface area contributed by atoms with Gasteiger partial charge in [0.25, 0.3) is 0 Å². The summed E-state index contributed by atoms with van der Waals surface area (Å²) in [6.07, 6.45) is 12.8. The fourth-order valence-corrected chi connectivity index (χ4v) is 1.89. The number of nitrogens with zero attached hydrogens (tertiary/aromatic N) is 2. The molecule has 0 bridgehead atoms. The average molecular weight is 322 g/mol. The zero-order valence-corrected chi connectivity index (χ0v) is 15.1. The van der Waals surface area contributed by atoms with Gasteiger partial charge >= 0.3 is 0 Å². The van der Waals surface area contributed by atoms with Gasteiger partial charge in [0.1, 0.15) is 5.82 Å². The van der Waals surface area contributed by atoms with E-state index in [9.17, 15) is 0 Å². The van der Waals surface area contributed by atoms with Crippen molar-refractivity contribution < 1.29 is 0 Å². The van der Waals surface area contributed by atoms with Crippen LogP contribution < -0.4 is 16.4 Å². The van der Waals surface area contributed by atoms with Crippen molar-refractivity contribution >= 4 is 11.8 Å². The molecular weight excluding hydrogens is 286 g/mol. The molecule has 0 radical (unpaired) electrons. The highest BCUT2D eigenvalue weighted by Gasteiger charge is 2.06. The van der Waals surface area contributed by atoms with Crippen molar-refractivity contribution in [2.45, 2.75) is 64.8 Å². The molecule has 1 aliphatic rings. The molecule has 1 saturated carbocycles. The molecule has 0 atom stereocenters. The van der Waals surface area contributed by atoms with Crippen molar-refractivity contribution in [3.63, 3.8) is 0 Å². The second-order valence-electron chi connectivity index (χ2n) is 5.58. The highest BCUT2D eigenvalue weighted by atomic mass is 15.1. The van der Waals surface area contributed by atoms with E-state index < -0.39 is 0 Å². The van der Waals surface area contributed by atoms with Crippen LogP contribution in [0, 0.1) is 0 Å². The minimum atomic E-state index is 0.536. The quantitative estimate of drug-likeness (QED) is 0.709. The summed E-state index contributed by atoms with van der Waals surface area (Å²) in [4.78, 5) is 8.13. The lowest BCUT2D eigenvalue weighted by Gasteiger charge is -2.15. The van der Waals surface area contributed by atoms with Gasteiger partial charge in [0.2, 0.25) is 5.95 Å². The van der Waals surface area contributed by atoms with Crippen molar-refractivity contribution in [2.24, 2.45) is 5.73 Å². The molecule has 0 unspecified atom stereocenters. The van der Waals surface area contributed by atoms with Gasteiger partial charge in [0.15, 0.2) is 0 Å². The van der Waals surface area contributed by atoms with Crippen molar-refractivity contribution in [3.05, 3.63) is 24.9 Å². The second kappa shape index (κ2) is 15.3. The van der Waals surface area contributed by atoms with Gasteiger partial charge in [0, 0.05) is 25.8 Å². The maximum atomic E-state index is 5.63. The minimum absolute atomic E-state index is 0.536. The van der Waals surface area contributed by atoms with Crippen LogP contribution in [0.4, 0.5) is 11.8 Å². The van der Waals surface area contributed by atoms with Crippen molar-refractivity contribution in [1.29, 1.82) is 0 Å². The third-order valence-electron chi connectivity index (χ3n) is 3.46. The van der Waals surface area contributed by atoms with Gasteiger partial charge in [-0.15, -0.1) is 6.58 Å². The first kappa shape index (κ1) is 21.4. The monoisotopic (exact) mass is 321 g/mol. The average Bonchev–Trinajstić information content (AvgIpc) is 2.61. The van der Waals surface area contributed by atoms with Crippen LogP contribution in [0.5, 0.6) is 0 Å². The van der Waals surface area contributed by atoms with Gasteiger partial charge in [-0.2, -0.15) is 4.98 Å². The Morgan fingerprint density at radius 1 is 1.26 bits per heavy atom. The first-order valence-electron chi connectivity index (χ1n) is 8.79. The predicted molar refractivity (Wildman–Crippen MR) is 102 cm³/mol. The largest absolute Gasteiger partial charge is 0.366 e. The van der Waals surface area contributed by atoms with E-state index in [4.69, 9.17) is 5.73 Å². The van der Waals surface area contributed by atoms with Crippen molar-refractivity contribution in [3.8, 4) is 0 Å². The molecule has 1 aromatic heterocycles. The summed E-state index contributed by atoms with van der Waals surface area (Å²) in [5.41, 5.74) is 5.63. The maximum absolute atomic E-state index is 5.63. The highest BCUT2D eigenvalue weighted by Crippen LogP contribution is 2.14. The van der Waals surface area contributed by atoms with E-state index in [0.717, 1.165) is 5.82 Å². The molecule has 5 nitrogen and oxygen atoms in total. The smallest absolute Gasteiger partial charge is 0.224 e. The molecule has 1 heterocycles. The van der Waals surface area contributed by atoms with E-state index >= 15 is 0 Å². The van der Waals surface area contributed by atoms with Gasteiger partial charge in [-0.1, -0.05) is 52.0 Å². The lowest BCUT2D eigenvalue weighted by molar-refractivity contribution is 0.441. The third-order valence-corrected chi connectivity index (χ3v) is 3.46. The molecule has 0 amide bonds. The molecule has 1 aliphatic carbocycles. The van der Waals surface area contributed by atoms with E-state index in [1.165, 1.54) is 44.9 Å². The Labute approximate surface area is 142 Å². The van der Waals surface area contributed by atoms with E-state index in [1.807, 2.05) is 6.07 Å². The molecular formula is C18H35N5. The fraction of sp³-hybridized carbons (Fsp3) is 0.667. The van der Waals surface area contributed by atoms with Crippen molar-refractivity contribution in [1.82, 2.24) is 9.97 Å². The summed E-state index contributed by atoms with van der Waals surface area (Å²) >= 11 is 0. The summed E-state index contributed by atoms with van der Waals surface area (Å²) in [6.45, 7) is 8.67. The molecule has 132 valence electrons. The van der Waals surface area contributed by atoms with Crippen LogP contribution in [0.15, 0.2) is 24.9 Å². The third kappa shape index (κ3) is 12.6. The van der Waals surface area contributed by atoms with E-state index in [-0.39, 0.29) is 0 Å². The first-order valence-corrected chi connectivity index (χ1v) is 8.79. The molecule has 2 rings (SSSR count). The van der Waals surface area contributed by atoms with E-state index in [0.29, 0.717) is 18.5 Å². The van der Waals surface area contributed by atoms with Gasteiger partial charge < -0.3 is 16.4 Å².